The van der Waals surface area contributed by atoms with E-state index in [2.05, 4.69) is 4.98 Å². The van der Waals surface area contributed by atoms with Gasteiger partial charge in [0.25, 0.3) is 10.0 Å². The summed E-state index contributed by atoms with van der Waals surface area (Å²) in [6.07, 6.45) is 3.14. The van der Waals surface area contributed by atoms with Gasteiger partial charge >= 0.3 is 0 Å². The second-order valence-electron chi connectivity index (χ2n) is 3.27. The van der Waals surface area contributed by atoms with Crippen molar-refractivity contribution in [1.29, 1.82) is 0 Å². The smallest absolute Gasteiger partial charge is 0.276 e. The van der Waals surface area contributed by atoms with Gasteiger partial charge in [0.15, 0.2) is 4.21 Å². The zero-order valence-electron chi connectivity index (χ0n) is 8.34. The lowest BCUT2D eigenvalue weighted by Gasteiger charge is -2.24. The molecule has 2 heterocycles. The Labute approximate surface area is 92.7 Å². The molecule has 0 unspecified atom stereocenters. The first-order chi connectivity index (χ1) is 7.10. The number of aryl methyl sites for hydroxylation is 1. The molecular formula is C8H12N2O3S2. The quantitative estimate of drug-likeness (QED) is 0.788. The summed E-state index contributed by atoms with van der Waals surface area (Å²) in [6, 6.07) is 0. The number of sulfonamides is 1. The molecule has 0 radical (unpaired) electrons. The molecule has 0 N–H and O–H groups in total. The van der Waals surface area contributed by atoms with E-state index in [-0.39, 0.29) is 4.21 Å². The summed E-state index contributed by atoms with van der Waals surface area (Å²) in [5.41, 5.74) is 0. The Morgan fingerprint density at radius 1 is 1.53 bits per heavy atom. The third-order valence-electron chi connectivity index (χ3n) is 2.09. The van der Waals surface area contributed by atoms with E-state index in [9.17, 15) is 8.42 Å². The molecule has 0 aromatic carbocycles. The molecule has 0 bridgehead atoms. The van der Waals surface area contributed by atoms with Crippen molar-refractivity contribution in [2.45, 2.75) is 24.0 Å². The van der Waals surface area contributed by atoms with Crippen molar-refractivity contribution in [3.63, 3.8) is 0 Å². The average Bonchev–Trinajstić information content (AvgIpc) is 2.67. The molecule has 7 heteroatoms. The second kappa shape index (κ2) is 4.17. The van der Waals surface area contributed by atoms with Gasteiger partial charge in [-0.2, -0.15) is 0 Å². The minimum atomic E-state index is -3.47. The Kier molecular flexibility index (Phi) is 3.06. The third-order valence-corrected chi connectivity index (χ3v) is 5.12. The fraction of sp³-hybridized carbons (Fsp3) is 0.625. The van der Waals surface area contributed by atoms with Gasteiger partial charge in [-0.1, -0.05) is 4.47 Å². The summed E-state index contributed by atoms with van der Waals surface area (Å²) in [5, 5.41) is 0.741. The van der Waals surface area contributed by atoms with Crippen LogP contribution in [0, 0.1) is 6.92 Å². The molecule has 1 aromatic heterocycles. The van der Waals surface area contributed by atoms with Gasteiger partial charge in [0.05, 0.1) is 17.8 Å². The van der Waals surface area contributed by atoms with Crippen LogP contribution in [0.4, 0.5) is 0 Å². The van der Waals surface area contributed by atoms with Crippen molar-refractivity contribution in [1.82, 2.24) is 9.45 Å². The van der Waals surface area contributed by atoms with Crippen LogP contribution < -0.4 is 0 Å². The maximum Gasteiger partial charge on any atom is 0.276 e. The molecule has 84 valence electrons. The van der Waals surface area contributed by atoms with Gasteiger partial charge in [0, 0.05) is 6.54 Å². The van der Waals surface area contributed by atoms with Gasteiger partial charge in [-0.25, -0.2) is 13.4 Å². The molecule has 0 amide bonds. The first-order valence-corrected chi connectivity index (χ1v) is 6.94. The van der Waals surface area contributed by atoms with Crippen molar-refractivity contribution in [3.8, 4) is 0 Å². The largest absolute Gasteiger partial charge is 0.284 e. The molecule has 5 nitrogen and oxygen atoms in total. The minimum absolute atomic E-state index is 0.252. The maximum absolute atomic E-state index is 12.0. The number of nitrogens with zero attached hydrogens (tertiary/aromatic N) is 2. The number of aromatic nitrogens is 1. The third kappa shape index (κ3) is 2.20. The van der Waals surface area contributed by atoms with Crippen LogP contribution in [0.1, 0.15) is 17.8 Å². The summed E-state index contributed by atoms with van der Waals surface area (Å²) in [6.45, 7) is 2.68. The van der Waals surface area contributed by atoms with Gasteiger partial charge in [-0.05, 0) is 19.8 Å². The summed E-state index contributed by atoms with van der Waals surface area (Å²) in [5.74, 6) is 0. The van der Waals surface area contributed by atoms with Crippen molar-refractivity contribution in [2.75, 3.05) is 13.2 Å². The Hall–Kier alpha value is -0.500. The summed E-state index contributed by atoms with van der Waals surface area (Å²) in [4.78, 5) is 9.07. The molecule has 15 heavy (non-hydrogen) atoms. The van der Waals surface area contributed by atoms with Crippen molar-refractivity contribution >= 4 is 21.4 Å². The number of rotatable bonds is 2. The van der Waals surface area contributed by atoms with E-state index in [4.69, 9.17) is 4.84 Å². The molecule has 1 saturated heterocycles. The molecular weight excluding hydrogens is 236 g/mol. The lowest BCUT2D eigenvalue weighted by atomic mass is 10.3. The number of hydrogen-bond acceptors (Lipinski definition) is 5. The average molecular weight is 248 g/mol. The second-order valence-corrected chi connectivity index (χ2v) is 6.56. The van der Waals surface area contributed by atoms with Crippen LogP contribution in [-0.2, 0) is 14.9 Å². The molecule has 2 rings (SSSR count). The minimum Gasteiger partial charge on any atom is -0.284 e. The monoisotopic (exact) mass is 248 g/mol. The Morgan fingerprint density at radius 3 is 2.87 bits per heavy atom. The van der Waals surface area contributed by atoms with Crippen molar-refractivity contribution < 1.29 is 13.3 Å². The van der Waals surface area contributed by atoms with E-state index >= 15 is 0 Å². The molecule has 1 fully saturated rings. The molecule has 1 aliphatic rings. The fourth-order valence-corrected chi connectivity index (χ4v) is 3.83. The topological polar surface area (TPSA) is 59.5 Å². The van der Waals surface area contributed by atoms with Gasteiger partial charge in [0.1, 0.15) is 0 Å². The Balaban J connectivity index is 2.26. The maximum atomic E-state index is 12.0. The SMILES string of the molecule is Cc1ncc(S(=O)(=O)N2CCCCO2)s1. The highest BCUT2D eigenvalue weighted by atomic mass is 32.2. The highest BCUT2D eigenvalue weighted by Crippen LogP contribution is 2.24. The first-order valence-electron chi connectivity index (χ1n) is 4.69. The normalized spacial score (nSPS) is 19.3. The molecule has 0 aliphatic carbocycles. The van der Waals surface area contributed by atoms with Crippen LogP contribution in [0.5, 0.6) is 0 Å². The standard InChI is InChI=1S/C8H12N2O3S2/c1-7-9-6-8(14-7)15(11,12)10-4-2-3-5-13-10/h6H,2-5H2,1H3. The van der Waals surface area contributed by atoms with Crippen LogP contribution in [0.25, 0.3) is 0 Å². The lowest BCUT2D eigenvalue weighted by Crippen LogP contribution is -2.35. The van der Waals surface area contributed by atoms with Crippen LogP contribution >= 0.6 is 11.3 Å². The van der Waals surface area contributed by atoms with Gasteiger partial charge in [0.2, 0.25) is 0 Å². The Morgan fingerprint density at radius 2 is 2.33 bits per heavy atom. The predicted molar refractivity (Wildman–Crippen MR) is 55.9 cm³/mol. The number of hydroxylamine groups is 1. The van der Waals surface area contributed by atoms with E-state index < -0.39 is 10.0 Å². The van der Waals surface area contributed by atoms with Crippen LogP contribution in [-0.4, -0.2) is 31.0 Å². The van der Waals surface area contributed by atoms with Gasteiger partial charge < -0.3 is 0 Å². The lowest BCUT2D eigenvalue weighted by molar-refractivity contribution is -0.108. The first kappa shape index (κ1) is 11.0. The van der Waals surface area contributed by atoms with Crippen LogP contribution in [0.2, 0.25) is 0 Å². The van der Waals surface area contributed by atoms with Gasteiger partial charge in [-0.3, -0.25) is 4.84 Å². The highest BCUT2D eigenvalue weighted by molar-refractivity contribution is 7.91. The molecule has 0 atom stereocenters. The summed E-state index contributed by atoms with van der Waals surface area (Å²) in [7, 11) is -3.47. The number of hydrogen-bond donors (Lipinski definition) is 0. The summed E-state index contributed by atoms with van der Waals surface area (Å²) >= 11 is 1.17. The molecule has 1 aromatic rings. The van der Waals surface area contributed by atoms with E-state index in [1.807, 2.05) is 0 Å². The van der Waals surface area contributed by atoms with Crippen LogP contribution in [0.3, 0.4) is 0 Å². The van der Waals surface area contributed by atoms with E-state index in [0.717, 1.165) is 22.3 Å². The zero-order valence-corrected chi connectivity index (χ0v) is 9.97. The fourth-order valence-electron chi connectivity index (χ4n) is 1.32. The Bertz CT molecular complexity index is 434. The van der Waals surface area contributed by atoms with Gasteiger partial charge in [-0.15, -0.1) is 11.3 Å². The molecule has 0 saturated carbocycles. The van der Waals surface area contributed by atoms with E-state index in [1.165, 1.54) is 17.5 Å². The molecule has 0 spiro atoms. The van der Waals surface area contributed by atoms with Crippen molar-refractivity contribution in [3.05, 3.63) is 11.2 Å². The van der Waals surface area contributed by atoms with E-state index in [0.29, 0.717) is 13.2 Å². The predicted octanol–water partition coefficient (Wildman–Crippen LogP) is 1.17. The summed E-state index contributed by atoms with van der Waals surface area (Å²) < 4.78 is 25.3. The number of thiazole rings is 1. The zero-order chi connectivity index (χ0) is 10.9. The molecule has 1 aliphatic heterocycles. The van der Waals surface area contributed by atoms with Crippen LogP contribution in [0.15, 0.2) is 10.4 Å². The van der Waals surface area contributed by atoms with E-state index in [1.54, 1.807) is 6.92 Å². The highest BCUT2D eigenvalue weighted by Gasteiger charge is 2.28. The van der Waals surface area contributed by atoms with Crippen molar-refractivity contribution in [2.24, 2.45) is 0 Å².